The van der Waals surface area contributed by atoms with Crippen molar-refractivity contribution in [2.45, 2.75) is 26.8 Å². The molecule has 3 nitrogen and oxygen atoms in total. The Morgan fingerprint density at radius 3 is 2.80 bits per heavy atom. The fourth-order valence-electron chi connectivity index (χ4n) is 2.25. The van der Waals surface area contributed by atoms with Gasteiger partial charge in [-0.25, -0.2) is 0 Å². The highest BCUT2D eigenvalue weighted by Crippen LogP contribution is 2.28. The lowest BCUT2D eigenvalue weighted by Crippen LogP contribution is -2.14. The second-order valence-electron chi connectivity index (χ2n) is 4.89. The smallest absolute Gasteiger partial charge is 0.123 e. The molecule has 106 valence electrons. The number of ether oxygens (including phenoxy) is 1. The van der Waals surface area contributed by atoms with Crippen molar-refractivity contribution in [3.8, 4) is 16.9 Å². The van der Waals surface area contributed by atoms with Gasteiger partial charge >= 0.3 is 0 Å². The van der Waals surface area contributed by atoms with Crippen LogP contribution in [0.2, 0.25) is 0 Å². The Balaban J connectivity index is 2.31. The number of hydrogen-bond donors (Lipinski definition) is 1. The summed E-state index contributed by atoms with van der Waals surface area (Å²) in [5.74, 6) is 0.930. The molecular formula is C17H22N2O. The molecule has 0 aliphatic carbocycles. The van der Waals surface area contributed by atoms with E-state index in [1.165, 1.54) is 22.3 Å². The molecule has 2 rings (SSSR count). The summed E-state index contributed by atoms with van der Waals surface area (Å²) >= 11 is 0. The first-order valence-electron chi connectivity index (χ1n) is 7.05. The van der Waals surface area contributed by atoms with E-state index in [-0.39, 0.29) is 0 Å². The van der Waals surface area contributed by atoms with Gasteiger partial charge in [0.05, 0.1) is 7.11 Å². The highest BCUT2D eigenvalue weighted by molar-refractivity contribution is 5.68. The van der Waals surface area contributed by atoms with Crippen molar-refractivity contribution in [2.24, 2.45) is 0 Å². The zero-order valence-corrected chi connectivity index (χ0v) is 12.4. The molecule has 0 saturated heterocycles. The summed E-state index contributed by atoms with van der Waals surface area (Å²) in [6, 6.07) is 8.34. The fraction of sp³-hybridized carbons (Fsp3) is 0.353. The molecule has 0 aliphatic rings. The van der Waals surface area contributed by atoms with Gasteiger partial charge < -0.3 is 10.1 Å². The maximum atomic E-state index is 5.44. The van der Waals surface area contributed by atoms with Crippen LogP contribution in [0.4, 0.5) is 0 Å². The van der Waals surface area contributed by atoms with Gasteiger partial charge in [-0.15, -0.1) is 0 Å². The van der Waals surface area contributed by atoms with Gasteiger partial charge in [0, 0.05) is 30.1 Å². The van der Waals surface area contributed by atoms with E-state index < -0.39 is 0 Å². The third kappa shape index (κ3) is 3.36. The quantitative estimate of drug-likeness (QED) is 0.815. The van der Waals surface area contributed by atoms with Crippen LogP contribution < -0.4 is 10.1 Å². The fourth-order valence-corrected chi connectivity index (χ4v) is 2.25. The van der Waals surface area contributed by atoms with E-state index in [0.717, 1.165) is 25.3 Å². The van der Waals surface area contributed by atoms with Crippen molar-refractivity contribution in [2.75, 3.05) is 13.7 Å². The molecule has 1 aromatic carbocycles. The molecule has 0 spiro atoms. The van der Waals surface area contributed by atoms with Gasteiger partial charge in [0.1, 0.15) is 5.75 Å². The Hall–Kier alpha value is -1.87. The van der Waals surface area contributed by atoms with Crippen molar-refractivity contribution in [1.29, 1.82) is 0 Å². The zero-order chi connectivity index (χ0) is 14.4. The van der Waals surface area contributed by atoms with Crippen molar-refractivity contribution >= 4 is 0 Å². The number of aryl methyl sites for hydroxylation is 1. The van der Waals surface area contributed by atoms with Gasteiger partial charge in [-0.2, -0.15) is 0 Å². The van der Waals surface area contributed by atoms with Crippen molar-refractivity contribution in [1.82, 2.24) is 10.3 Å². The van der Waals surface area contributed by atoms with Crippen LogP contribution in [0.3, 0.4) is 0 Å². The number of methoxy groups -OCH3 is 1. The first-order valence-corrected chi connectivity index (χ1v) is 7.05. The third-order valence-electron chi connectivity index (χ3n) is 3.37. The van der Waals surface area contributed by atoms with Crippen LogP contribution >= 0.6 is 0 Å². The Kier molecular flexibility index (Phi) is 5.13. The third-order valence-corrected chi connectivity index (χ3v) is 3.37. The van der Waals surface area contributed by atoms with Crippen LogP contribution in [0.5, 0.6) is 5.75 Å². The van der Waals surface area contributed by atoms with Gasteiger partial charge in [0.2, 0.25) is 0 Å². The number of benzene rings is 1. The Labute approximate surface area is 121 Å². The number of hydrogen-bond acceptors (Lipinski definition) is 3. The first-order chi connectivity index (χ1) is 9.76. The minimum atomic E-state index is 0.824. The average molecular weight is 270 g/mol. The van der Waals surface area contributed by atoms with Gasteiger partial charge in [-0.1, -0.05) is 13.0 Å². The zero-order valence-electron chi connectivity index (χ0n) is 12.4. The molecule has 0 bridgehead atoms. The molecule has 0 atom stereocenters. The molecule has 20 heavy (non-hydrogen) atoms. The van der Waals surface area contributed by atoms with E-state index in [9.17, 15) is 0 Å². The second-order valence-corrected chi connectivity index (χ2v) is 4.89. The highest BCUT2D eigenvalue weighted by Gasteiger charge is 2.07. The molecule has 0 fully saturated rings. The SMILES string of the molecule is CCCNCc1cc(-c2cnccc2C)ccc1OC. The first kappa shape index (κ1) is 14.5. The monoisotopic (exact) mass is 270 g/mol. The normalized spacial score (nSPS) is 10.6. The summed E-state index contributed by atoms with van der Waals surface area (Å²) in [5, 5.41) is 3.42. The van der Waals surface area contributed by atoms with Crippen LogP contribution in [0.15, 0.2) is 36.7 Å². The van der Waals surface area contributed by atoms with Crippen molar-refractivity contribution in [3.63, 3.8) is 0 Å². The van der Waals surface area contributed by atoms with E-state index in [1.807, 2.05) is 24.5 Å². The topological polar surface area (TPSA) is 34.2 Å². The summed E-state index contributed by atoms with van der Waals surface area (Å²) < 4.78 is 5.44. The van der Waals surface area contributed by atoms with Gasteiger partial charge in [0.25, 0.3) is 0 Å². The molecule has 3 heteroatoms. The molecule has 0 saturated carbocycles. The van der Waals surface area contributed by atoms with E-state index >= 15 is 0 Å². The standard InChI is InChI=1S/C17H22N2O/c1-4-8-18-11-15-10-14(5-6-17(15)20-3)16-12-19-9-7-13(16)2/h5-7,9-10,12,18H,4,8,11H2,1-3H3. The van der Waals surface area contributed by atoms with Crippen LogP contribution in [0.1, 0.15) is 24.5 Å². The van der Waals surface area contributed by atoms with Gasteiger partial charge in [-0.3, -0.25) is 4.98 Å². The molecular weight excluding hydrogens is 248 g/mol. The number of nitrogens with zero attached hydrogens (tertiary/aromatic N) is 1. The number of nitrogens with one attached hydrogen (secondary N) is 1. The minimum absolute atomic E-state index is 0.824. The molecule has 1 N–H and O–H groups in total. The van der Waals surface area contributed by atoms with E-state index in [0.29, 0.717) is 0 Å². The maximum Gasteiger partial charge on any atom is 0.123 e. The predicted octanol–water partition coefficient (Wildman–Crippen LogP) is 3.57. The molecule has 1 aromatic heterocycles. The molecule has 0 aliphatic heterocycles. The largest absolute Gasteiger partial charge is 0.496 e. The summed E-state index contributed by atoms with van der Waals surface area (Å²) in [6.45, 7) is 6.11. The Morgan fingerprint density at radius 1 is 1.25 bits per heavy atom. The van der Waals surface area contributed by atoms with Crippen LogP contribution in [0.25, 0.3) is 11.1 Å². The summed E-state index contributed by atoms with van der Waals surface area (Å²) in [7, 11) is 1.72. The lowest BCUT2D eigenvalue weighted by atomic mass is 10.0. The second kappa shape index (κ2) is 7.06. The number of aromatic nitrogens is 1. The van der Waals surface area contributed by atoms with Crippen molar-refractivity contribution in [3.05, 3.63) is 47.8 Å². The van der Waals surface area contributed by atoms with E-state index in [2.05, 4.69) is 36.3 Å². The molecule has 2 aromatic rings. The van der Waals surface area contributed by atoms with E-state index in [1.54, 1.807) is 7.11 Å². The lowest BCUT2D eigenvalue weighted by molar-refractivity contribution is 0.408. The van der Waals surface area contributed by atoms with Crippen molar-refractivity contribution < 1.29 is 4.74 Å². The maximum absolute atomic E-state index is 5.44. The number of rotatable bonds is 6. The van der Waals surface area contributed by atoms with E-state index in [4.69, 9.17) is 4.74 Å². The summed E-state index contributed by atoms with van der Waals surface area (Å²) in [5.41, 5.74) is 4.77. The van der Waals surface area contributed by atoms with Crippen LogP contribution in [-0.4, -0.2) is 18.6 Å². The van der Waals surface area contributed by atoms with Crippen LogP contribution in [-0.2, 0) is 6.54 Å². The van der Waals surface area contributed by atoms with Gasteiger partial charge in [-0.05, 0) is 49.2 Å². The molecule has 1 heterocycles. The highest BCUT2D eigenvalue weighted by atomic mass is 16.5. The predicted molar refractivity (Wildman–Crippen MR) is 83.0 cm³/mol. The summed E-state index contributed by atoms with van der Waals surface area (Å²) in [6.07, 6.45) is 4.87. The van der Waals surface area contributed by atoms with Gasteiger partial charge in [0.15, 0.2) is 0 Å². The molecule has 0 radical (unpaired) electrons. The average Bonchev–Trinajstić information content (AvgIpc) is 2.48. The Bertz CT molecular complexity index is 567. The molecule has 0 amide bonds. The minimum Gasteiger partial charge on any atom is -0.496 e. The number of pyridine rings is 1. The van der Waals surface area contributed by atoms with Crippen LogP contribution in [0, 0.1) is 6.92 Å². The molecule has 0 unspecified atom stereocenters. The lowest BCUT2D eigenvalue weighted by Gasteiger charge is -2.12. The summed E-state index contributed by atoms with van der Waals surface area (Å²) in [4.78, 5) is 4.22. The Morgan fingerprint density at radius 2 is 2.10 bits per heavy atom.